The Bertz CT molecular complexity index is 328. The molecule has 1 aromatic rings. The van der Waals surface area contributed by atoms with Crippen molar-refractivity contribution < 1.29 is 13.2 Å². The number of hydrogen-bond donors (Lipinski definition) is 0. The second-order valence-electron chi connectivity index (χ2n) is 2.39. The molecule has 1 aromatic carbocycles. The van der Waals surface area contributed by atoms with E-state index in [9.17, 15) is 13.2 Å². The lowest BCUT2D eigenvalue weighted by Crippen LogP contribution is -1.97. The highest BCUT2D eigenvalue weighted by Gasteiger charge is 2.16. The Labute approximate surface area is 86.6 Å². The van der Waals surface area contributed by atoms with Crippen LogP contribution in [-0.2, 0) is 5.75 Å². The first kappa shape index (κ1) is 10.9. The van der Waals surface area contributed by atoms with Gasteiger partial charge in [-0.2, -0.15) is 11.8 Å². The van der Waals surface area contributed by atoms with Crippen LogP contribution in [0.1, 0.15) is 5.56 Å². The van der Waals surface area contributed by atoms with Crippen LogP contribution in [0.2, 0.25) is 0 Å². The summed E-state index contributed by atoms with van der Waals surface area (Å²) in [5.41, 5.74) is 0.165. The topological polar surface area (TPSA) is 0 Å². The molecule has 0 fully saturated rings. The van der Waals surface area contributed by atoms with Gasteiger partial charge in [-0.25, -0.2) is 13.2 Å². The molecule has 0 aliphatic heterocycles. The van der Waals surface area contributed by atoms with Crippen molar-refractivity contribution in [2.24, 2.45) is 0 Å². The van der Waals surface area contributed by atoms with Crippen molar-refractivity contribution in [2.75, 3.05) is 6.26 Å². The molecule has 0 saturated heterocycles. The molecule has 0 radical (unpaired) electrons. The summed E-state index contributed by atoms with van der Waals surface area (Å²) in [6.07, 6.45) is 1.76. The summed E-state index contributed by atoms with van der Waals surface area (Å²) in [6, 6.07) is 1.25. The molecule has 0 atom stereocenters. The molecule has 5 heteroatoms. The summed E-state index contributed by atoms with van der Waals surface area (Å²) in [7, 11) is 0. The number of hydrogen-bond acceptors (Lipinski definition) is 1. The quantitative estimate of drug-likeness (QED) is 0.583. The number of rotatable bonds is 2. The minimum absolute atomic E-state index is 0.0459. The Morgan fingerprint density at radius 1 is 1.23 bits per heavy atom. The molecule has 0 bridgehead atoms. The van der Waals surface area contributed by atoms with Gasteiger partial charge >= 0.3 is 0 Å². The van der Waals surface area contributed by atoms with Gasteiger partial charge in [-0.15, -0.1) is 0 Å². The summed E-state index contributed by atoms with van der Waals surface area (Å²) in [6.45, 7) is 0. The van der Waals surface area contributed by atoms with Crippen molar-refractivity contribution in [3.8, 4) is 0 Å². The Balaban J connectivity index is 3.24. The van der Waals surface area contributed by atoms with E-state index in [1.54, 1.807) is 6.26 Å². The van der Waals surface area contributed by atoms with E-state index in [1.165, 1.54) is 17.8 Å². The van der Waals surface area contributed by atoms with E-state index < -0.39 is 17.5 Å². The molecule has 0 heterocycles. The SMILES string of the molecule is CSCc1cc(Br)c(F)c(F)c1F. The summed E-state index contributed by atoms with van der Waals surface area (Å²) in [5, 5.41) is 0. The Kier molecular flexibility index (Phi) is 3.67. The van der Waals surface area contributed by atoms with E-state index in [0.717, 1.165) is 0 Å². The lowest BCUT2D eigenvalue weighted by Gasteiger charge is -2.04. The molecule has 13 heavy (non-hydrogen) atoms. The predicted octanol–water partition coefficient (Wildman–Crippen LogP) is 3.73. The maximum Gasteiger partial charge on any atom is 0.195 e. The van der Waals surface area contributed by atoms with Crippen LogP contribution in [0.5, 0.6) is 0 Å². The fourth-order valence-corrected chi connectivity index (χ4v) is 1.85. The minimum atomic E-state index is -1.42. The third kappa shape index (κ3) is 2.20. The van der Waals surface area contributed by atoms with Crippen molar-refractivity contribution in [1.82, 2.24) is 0 Å². The molecule has 0 saturated carbocycles. The molecule has 0 amide bonds. The number of halogens is 4. The number of thioether (sulfide) groups is 1. The average Bonchev–Trinajstić information content (AvgIpc) is 2.11. The highest BCUT2D eigenvalue weighted by atomic mass is 79.9. The molecule has 0 aromatic heterocycles. The first-order valence-electron chi connectivity index (χ1n) is 3.38. The second-order valence-corrected chi connectivity index (χ2v) is 4.11. The lowest BCUT2D eigenvalue weighted by molar-refractivity contribution is 0.440. The van der Waals surface area contributed by atoms with E-state index in [2.05, 4.69) is 15.9 Å². The standard InChI is InChI=1S/C8H6BrF3S/c1-13-3-4-2-5(9)7(11)8(12)6(4)10/h2H,3H2,1H3. The molecule has 1 rings (SSSR count). The monoisotopic (exact) mass is 270 g/mol. The summed E-state index contributed by atoms with van der Waals surface area (Å²) in [5.74, 6) is -3.38. The van der Waals surface area contributed by atoms with Crippen molar-refractivity contribution in [2.45, 2.75) is 5.75 Å². The van der Waals surface area contributed by atoms with Crippen LogP contribution in [0.25, 0.3) is 0 Å². The van der Waals surface area contributed by atoms with E-state index in [4.69, 9.17) is 0 Å². The Morgan fingerprint density at radius 3 is 2.38 bits per heavy atom. The summed E-state index contributed by atoms with van der Waals surface area (Å²) >= 11 is 4.15. The first-order valence-corrected chi connectivity index (χ1v) is 5.57. The molecule has 0 spiro atoms. The fraction of sp³-hybridized carbons (Fsp3) is 0.250. The van der Waals surface area contributed by atoms with E-state index in [-0.39, 0.29) is 10.0 Å². The molecule has 72 valence electrons. The van der Waals surface area contributed by atoms with Crippen LogP contribution in [0, 0.1) is 17.5 Å². The highest BCUT2D eigenvalue weighted by molar-refractivity contribution is 9.10. The van der Waals surface area contributed by atoms with Gasteiger partial charge in [0.05, 0.1) is 4.47 Å². The Hall–Kier alpha value is -0.160. The second kappa shape index (κ2) is 4.37. The van der Waals surface area contributed by atoms with Crippen LogP contribution in [0.4, 0.5) is 13.2 Å². The zero-order valence-corrected chi connectivity index (χ0v) is 9.11. The van der Waals surface area contributed by atoms with Crippen molar-refractivity contribution in [3.63, 3.8) is 0 Å². The van der Waals surface area contributed by atoms with Crippen molar-refractivity contribution >= 4 is 27.7 Å². The summed E-state index contributed by atoms with van der Waals surface area (Å²) < 4.78 is 38.5. The molecule has 0 unspecified atom stereocenters. The minimum Gasteiger partial charge on any atom is -0.203 e. The largest absolute Gasteiger partial charge is 0.203 e. The summed E-state index contributed by atoms with van der Waals surface area (Å²) in [4.78, 5) is 0. The molecular formula is C8H6BrF3S. The average molecular weight is 271 g/mol. The van der Waals surface area contributed by atoms with Crippen LogP contribution < -0.4 is 0 Å². The third-order valence-corrected chi connectivity index (χ3v) is 2.65. The van der Waals surface area contributed by atoms with Gasteiger partial charge in [0.15, 0.2) is 17.5 Å². The van der Waals surface area contributed by atoms with Crippen LogP contribution >= 0.6 is 27.7 Å². The van der Waals surface area contributed by atoms with E-state index in [1.807, 2.05) is 0 Å². The Morgan fingerprint density at radius 2 is 1.85 bits per heavy atom. The molecule has 0 aliphatic carbocycles. The number of benzene rings is 1. The molecule has 0 aliphatic rings. The fourth-order valence-electron chi connectivity index (χ4n) is 0.882. The smallest absolute Gasteiger partial charge is 0.195 e. The van der Waals surface area contributed by atoms with Crippen LogP contribution in [0.15, 0.2) is 10.5 Å². The van der Waals surface area contributed by atoms with Crippen molar-refractivity contribution in [3.05, 3.63) is 33.6 Å². The molecule has 0 N–H and O–H groups in total. The molecular weight excluding hydrogens is 265 g/mol. The van der Waals surface area contributed by atoms with E-state index >= 15 is 0 Å². The van der Waals surface area contributed by atoms with Crippen LogP contribution in [0.3, 0.4) is 0 Å². The van der Waals surface area contributed by atoms with Gasteiger partial charge in [-0.3, -0.25) is 0 Å². The van der Waals surface area contributed by atoms with Crippen LogP contribution in [-0.4, -0.2) is 6.26 Å². The van der Waals surface area contributed by atoms with E-state index in [0.29, 0.717) is 5.75 Å². The zero-order chi connectivity index (χ0) is 10.0. The maximum atomic E-state index is 13.0. The zero-order valence-electron chi connectivity index (χ0n) is 6.70. The normalized spacial score (nSPS) is 10.5. The van der Waals surface area contributed by atoms with Gasteiger partial charge in [0.25, 0.3) is 0 Å². The third-order valence-electron chi connectivity index (χ3n) is 1.48. The first-order chi connectivity index (χ1) is 6.07. The lowest BCUT2D eigenvalue weighted by atomic mass is 10.2. The highest BCUT2D eigenvalue weighted by Crippen LogP contribution is 2.25. The van der Waals surface area contributed by atoms with Gasteiger partial charge in [-0.05, 0) is 28.3 Å². The molecule has 0 nitrogen and oxygen atoms in total. The van der Waals surface area contributed by atoms with Gasteiger partial charge in [-0.1, -0.05) is 0 Å². The van der Waals surface area contributed by atoms with Gasteiger partial charge in [0, 0.05) is 11.3 Å². The predicted molar refractivity (Wildman–Crippen MR) is 51.2 cm³/mol. The van der Waals surface area contributed by atoms with Gasteiger partial charge in [0.1, 0.15) is 0 Å². The van der Waals surface area contributed by atoms with Gasteiger partial charge in [0.2, 0.25) is 0 Å². The van der Waals surface area contributed by atoms with Crippen molar-refractivity contribution in [1.29, 1.82) is 0 Å². The maximum absolute atomic E-state index is 13.0. The van der Waals surface area contributed by atoms with Gasteiger partial charge < -0.3 is 0 Å².